The average Bonchev–Trinajstić information content (AvgIpc) is 2.59. The number of esters is 1. The Labute approximate surface area is 155 Å². The largest absolute Gasteiger partial charge is 0.482 e. The van der Waals surface area contributed by atoms with Crippen LogP contribution in [0.15, 0.2) is 24.3 Å². The van der Waals surface area contributed by atoms with Crippen LogP contribution in [0.2, 0.25) is 0 Å². The molecule has 2 unspecified atom stereocenters. The van der Waals surface area contributed by atoms with E-state index in [2.05, 4.69) is 12.1 Å². The quantitative estimate of drug-likeness (QED) is 0.722. The molecule has 4 bridgehead atoms. The van der Waals surface area contributed by atoms with E-state index in [4.69, 9.17) is 9.47 Å². The van der Waals surface area contributed by atoms with Crippen molar-refractivity contribution >= 4 is 11.8 Å². The van der Waals surface area contributed by atoms with Gasteiger partial charge in [-0.1, -0.05) is 12.1 Å². The zero-order valence-electron chi connectivity index (χ0n) is 15.8. The van der Waals surface area contributed by atoms with Crippen molar-refractivity contribution in [3.63, 3.8) is 0 Å². The summed E-state index contributed by atoms with van der Waals surface area (Å²) in [5.74, 6) is 2.12. The second kappa shape index (κ2) is 6.40. The zero-order chi connectivity index (χ0) is 18.4. The molecule has 4 nitrogen and oxygen atoms in total. The van der Waals surface area contributed by atoms with Gasteiger partial charge in [-0.05, 0) is 87.3 Å². The van der Waals surface area contributed by atoms with Gasteiger partial charge in [-0.2, -0.15) is 0 Å². The van der Waals surface area contributed by atoms with Crippen LogP contribution in [0.25, 0.3) is 0 Å². The second-order valence-electron chi connectivity index (χ2n) is 8.70. The zero-order valence-corrected chi connectivity index (χ0v) is 15.8. The van der Waals surface area contributed by atoms with Gasteiger partial charge in [0.25, 0.3) is 0 Å². The first kappa shape index (κ1) is 17.6. The lowest BCUT2D eigenvalue weighted by Gasteiger charge is -2.61. The van der Waals surface area contributed by atoms with E-state index in [9.17, 15) is 9.59 Å². The summed E-state index contributed by atoms with van der Waals surface area (Å²) in [6, 6.07) is 8.18. The highest BCUT2D eigenvalue weighted by atomic mass is 16.6. The van der Waals surface area contributed by atoms with E-state index in [0.717, 1.165) is 19.3 Å². The van der Waals surface area contributed by atoms with Gasteiger partial charge in [0.05, 0.1) is 6.61 Å². The molecule has 0 radical (unpaired) electrons. The number of hydrogen-bond acceptors (Lipinski definition) is 4. The van der Waals surface area contributed by atoms with Crippen molar-refractivity contribution in [2.75, 3.05) is 13.2 Å². The molecule has 5 rings (SSSR count). The van der Waals surface area contributed by atoms with Crippen LogP contribution >= 0.6 is 0 Å². The highest BCUT2D eigenvalue weighted by Crippen LogP contribution is 2.66. The Morgan fingerprint density at radius 1 is 1.08 bits per heavy atom. The molecule has 0 aliphatic heterocycles. The molecule has 4 aliphatic carbocycles. The minimum absolute atomic E-state index is 0.0596. The average molecular weight is 356 g/mol. The van der Waals surface area contributed by atoms with Gasteiger partial charge in [0, 0.05) is 5.41 Å². The van der Waals surface area contributed by atoms with Gasteiger partial charge in [0.1, 0.15) is 11.5 Å². The maximum absolute atomic E-state index is 12.5. The maximum Gasteiger partial charge on any atom is 0.344 e. The van der Waals surface area contributed by atoms with Crippen LogP contribution in [0.5, 0.6) is 5.75 Å². The molecule has 2 atom stereocenters. The number of benzene rings is 1. The van der Waals surface area contributed by atoms with Gasteiger partial charge >= 0.3 is 5.97 Å². The molecule has 0 amide bonds. The van der Waals surface area contributed by atoms with Crippen molar-refractivity contribution < 1.29 is 19.1 Å². The number of carbonyl (C=O) groups excluding carboxylic acids is 2. The smallest absolute Gasteiger partial charge is 0.344 e. The Morgan fingerprint density at radius 2 is 1.73 bits per heavy atom. The van der Waals surface area contributed by atoms with E-state index < -0.39 is 0 Å². The standard InChI is InChI=1S/C22H28O4/c1-3-25-20(24)13-26-19-6-4-18(5-7-19)22-11-16-8-17(12-22)10-21(9-16,14-22)15(2)23/h4-7,16-17H,3,8-14H2,1-2H3. The van der Waals surface area contributed by atoms with Crippen LogP contribution in [-0.2, 0) is 19.7 Å². The molecular weight excluding hydrogens is 328 g/mol. The van der Waals surface area contributed by atoms with Gasteiger partial charge < -0.3 is 9.47 Å². The summed E-state index contributed by atoms with van der Waals surface area (Å²) in [6.07, 6.45) is 6.93. The number of hydrogen-bond donors (Lipinski definition) is 0. The summed E-state index contributed by atoms with van der Waals surface area (Å²) in [5.41, 5.74) is 1.40. The predicted octanol–water partition coefficient (Wildman–Crippen LogP) is 4.06. The molecule has 0 saturated heterocycles. The Kier molecular flexibility index (Phi) is 4.32. The van der Waals surface area contributed by atoms with Crippen molar-refractivity contribution in [2.45, 2.75) is 57.8 Å². The summed E-state index contributed by atoms with van der Waals surface area (Å²) < 4.78 is 10.4. The molecular formula is C22H28O4. The third-order valence-electron chi connectivity index (χ3n) is 6.94. The Balaban J connectivity index is 1.52. The fourth-order valence-corrected chi connectivity index (χ4v) is 6.26. The molecule has 1 aromatic carbocycles. The molecule has 140 valence electrons. The van der Waals surface area contributed by atoms with Gasteiger partial charge in [0.15, 0.2) is 6.61 Å². The summed E-state index contributed by atoms with van der Waals surface area (Å²) in [6.45, 7) is 3.89. The van der Waals surface area contributed by atoms with Crippen molar-refractivity contribution in [3.05, 3.63) is 29.8 Å². The van der Waals surface area contributed by atoms with Crippen molar-refractivity contribution in [1.29, 1.82) is 0 Å². The Morgan fingerprint density at radius 3 is 2.31 bits per heavy atom. The molecule has 1 aromatic rings. The minimum Gasteiger partial charge on any atom is -0.482 e. The third-order valence-corrected chi connectivity index (χ3v) is 6.94. The first-order valence-corrected chi connectivity index (χ1v) is 9.85. The summed E-state index contributed by atoms with van der Waals surface area (Å²) in [4.78, 5) is 23.9. The first-order valence-electron chi connectivity index (χ1n) is 9.85. The lowest BCUT2D eigenvalue weighted by Crippen LogP contribution is -2.56. The van der Waals surface area contributed by atoms with Crippen molar-refractivity contribution in [3.8, 4) is 5.75 Å². The van der Waals surface area contributed by atoms with Crippen LogP contribution in [0.4, 0.5) is 0 Å². The number of carbonyl (C=O) groups is 2. The highest BCUT2D eigenvalue weighted by Gasteiger charge is 2.59. The lowest BCUT2D eigenvalue weighted by molar-refractivity contribution is -0.145. The van der Waals surface area contributed by atoms with E-state index in [1.807, 2.05) is 12.1 Å². The lowest BCUT2D eigenvalue weighted by atomic mass is 9.42. The predicted molar refractivity (Wildman–Crippen MR) is 98.0 cm³/mol. The Hall–Kier alpha value is -1.84. The van der Waals surface area contributed by atoms with E-state index >= 15 is 0 Å². The molecule has 0 N–H and O–H groups in total. The van der Waals surface area contributed by atoms with Gasteiger partial charge in [-0.3, -0.25) is 4.79 Å². The molecule has 4 aliphatic rings. The molecule has 0 aromatic heterocycles. The monoisotopic (exact) mass is 356 g/mol. The van der Waals surface area contributed by atoms with E-state index in [-0.39, 0.29) is 23.4 Å². The first-order chi connectivity index (χ1) is 12.4. The second-order valence-corrected chi connectivity index (χ2v) is 8.70. The molecule has 4 saturated carbocycles. The molecule has 4 fully saturated rings. The molecule has 26 heavy (non-hydrogen) atoms. The van der Waals surface area contributed by atoms with Crippen LogP contribution in [0, 0.1) is 17.3 Å². The van der Waals surface area contributed by atoms with E-state index in [1.165, 1.54) is 24.8 Å². The van der Waals surface area contributed by atoms with E-state index in [1.54, 1.807) is 13.8 Å². The van der Waals surface area contributed by atoms with Crippen molar-refractivity contribution in [1.82, 2.24) is 0 Å². The normalized spacial score (nSPS) is 34.5. The van der Waals surface area contributed by atoms with E-state index in [0.29, 0.717) is 30.0 Å². The van der Waals surface area contributed by atoms with Crippen molar-refractivity contribution in [2.24, 2.45) is 17.3 Å². The van der Waals surface area contributed by atoms with Gasteiger partial charge in [0.2, 0.25) is 0 Å². The summed E-state index contributed by atoms with van der Waals surface area (Å²) >= 11 is 0. The van der Waals surface area contributed by atoms with Gasteiger partial charge in [-0.25, -0.2) is 4.79 Å². The summed E-state index contributed by atoms with van der Waals surface area (Å²) in [5, 5.41) is 0. The number of ketones is 1. The highest BCUT2D eigenvalue weighted by molar-refractivity contribution is 5.83. The minimum atomic E-state index is -0.346. The third kappa shape index (κ3) is 2.93. The number of ether oxygens (including phenoxy) is 2. The molecule has 0 spiro atoms. The molecule has 4 heteroatoms. The van der Waals surface area contributed by atoms with Gasteiger partial charge in [-0.15, -0.1) is 0 Å². The van der Waals surface area contributed by atoms with Crippen LogP contribution < -0.4 is 4.74 Å². The number of Topliss-reactive ketones (excluding diaryl/α,β-unsaturated/α-hetero) is 1. The SMILES string of the molecule is CCOC(=O)COc1ccc(C23CC4CC(CC(C(C)=O)(C4)C2)C3)cc1. The Bertz CT molecular complexity index is 691. The molecule has 0 heterocycles. The van der Waals surface area contributed by atoms with Crippen LogP contribution in [-0.4, -0.2) is 25.0 Å². The fourth-order valence-electron chi connectivity index (χ4n) is 6.26. The summed E-state index contributed by atoms with van der Waals surface area (Å²) in [7, 11) is 0. The number of rotatable bonds is 6. The van der Waals surface area contributed by atoms with Crippen LogP contribution in [0.3, 0.4) is 0 Å². The topological polar surface area (TPSA) is 52.6 Å². The fraction of sp³-hybridized carbons (Fsp3) is 0.636. The maximum atomic E-state index is 12.5. The van der Waals surface area contributed by atoms with Crippen LogP contribution in [0.1, 0.15) is 57.9 Å².